The first kappa shape index (κ1) is 12.0. The van der Waals surface area contributed by atoms with Crippen molar-refractivity contribution in [2.45, 2.75) is 26.2 Å². The molecule has 1 fully saturated rings. The van der Waals surface area contributed by atoms with Gasteiger partial charge in [-0.25, -0.2) is 0 Å². The van der Waals surface area contributed by atoms with Crippen LogP contribution in [0.4, 0.5) is 0 Å². The van der Waals surface area contributed by atoms with Crippen LogP contribution in [-0.4, -0.2) is 31.4 Å². The molecule has 5 nitrogen and oxygen atoms in total. The van der Waals surface area contributed by atoms with Crippen molar-refractivity contribution in [3.63, 3.8) is 0 Å². The third kappa shape index (κ3) is 3.51. The van der Waals surface area contributed by atoms with E-state index in [-0.39, 0.29) is 5.41 Å². The number of nitrogens with two attached hydrogens (primary N) is 1. The van der Waals surface area contributed by atoms with Crippen LogP contribution in [0.1, 0.15) is 26.2 Å². The van der Waals surface area contributed by atoms with Gasteiger partial charge in [-0.2, -0.15) is 0 Å². The summed E-state index contributed by atoms with van der Waals surface area (Å²) < 4.78 is 0. The molecule has 0 spiro atoms. The first-order valence-corrected chi connectivity index (χ1v) is 5.33. The van der Waals surface area contributed by atoms with Gasteiger partial charge in [-0.05, 0) is 18.3 Å². The molecule has 1 rings (SSSR count). The molecule has 0 heterocycles. The summed E-state index contributed by atoms with van der Waals surface area (Å²) in [5.74, 6) is -1.15. The predicted octanol–water partition coefficient (Wildman–Crippen LogP) is -0.632. The van der Waals surface area contributed by atoms with Crippen LogP contribution < -0.4 is 16.4 Å². The highest BCUT2D eigenvalue weighted by molar-refractivity contribution is 6.35. The van der Waals surface area contributed by atoms with Crippen LogP contribution in [0.2, 0.25) is 0 Å². The third-order valence-corrected chi connectivity index (χ3v) is 2.87. The van der Waals surface area contributed by atoms with Crippen molar-refractivity contribution >= 4 is 11.8 Å². The van der Waals surface area contributed by atoms with E-state index in [1.807, 2.05) is 0 Å². The van der Waals surface area contributed by atoms with Crippen LogP contribution in [0.3, 0.4) is 0 Å². The van der Waals surface area contributed by atoms with E-state index >= 15 is 0 Å². The average molecular weight is 213 g/mol. The molecule has 0 aromatic heterocycles. The second-order valence-corrected chi connectivity index (χ2v) is 4.39. The molecule has 1 aliphatic carbocycles. The maximum atomic E-state index is 11.3. The van der Waals surface area contributed by atoms with E-state index in [9.17, 15) is 9.59 Å². The second kappa shape index (κ2) is 5.11. The van der Waals surface area contributed by atoms with Crippen LogP contribution >= 0.6 is 0 Å². The molecular weight excluding hydrogens is 194 g/mol. The quantitative estimate of drug-likeness (QED) is 0.543. The fraction of sp³-hybridized carbons (Fsp3) is 0.800. The molecule has 0 saturated heterocycles. The third-order valence-electron chi connectivity index (χ3n) is 2.87. The zero-order chi connectivity index (χ0) is 11.3. The fourth-order valence-electron chi connectivity index (χ4n) is 1.60. The number of amides is 2. The molecule has 0 atom stereocenters. The molecule has 1 aliphatic rings. The van der Waals surface area contributed by atoms with Crippen molar-refractivity contribution in [3.8, 4) is 0 Å². The summed E-state index contributed by atoms with van der Waals surface area (Å²) in [5.41, 5.74) is 5.40. The standard InChI is InChI=1S/C10H19N3O2/c1-10(3-2-4-10)7-13-9(15)8(14)12-6-5-11/h2-7,11H2,1H3,(H,12,14)(H,13,15). The molecule has 86 valence electrons. The Kier molecular flexibility index (Phi) is 4.08. The molecule has 0 aromatic carbocycles. The maximum absolute atomic E-state index is 11.3. The van der Waals surface area contributed by atoms with Crippen molar-refractivity contribution in [3.05, 3.63) is 0 Å². The SMILES string of the molecule is CC1(CNC(=O)C(=O)NCCN)CCC1. The van der Waals surface area contributed by atoms with E-state index < -0.39 is 11.8 Å². The van der Waals surface area contributed by atoms with Gasteiger partial charge in [0, 0.05) is 19.6 Å². The van der Waals surface area contributed by atoms with Gasteiger partial charge in [0.2, 0.25) is 0 Å². The Labute approximate surface area is 89.8 Å². The fourth-order valence-corrected chi connectivity index (χ4v) is 1.60. The summed E-state index contributed by atoms with van der Waals surface area (Å²) in [5, 5.41) is 5.07. The van der Waals surface area contributed by atoms with Crippen molar-refractivity contribution in [1.29, 1.82) is 0 Å². The molecule has 0 bridgehead atoms. The molecule has 2 amide bonds. The minimum absolute atomic E-state index is 0.198. The van der Waals surface area contributed by atoms with Crippen LogP contribution in [-0.2, 0) is 9.59 Å². The van der Waals surface area contributed by atoms with E-state index in [1.54, 1.807) is 0 Å². The summed E-state index contributed by atoms with van der Waals surface area (Å²) in [6.07, 6.45) is 3.46. The molecule has 1 saturated carbocycles. The smallest absolute Gasteiger partial charge is 0.309 e. The molecule has 0 aliphatic heterocycles. The molecule has 4 N–H and O–H groups in total. The van der Waals surface area contributed by atoms with E-state index in [0.717, 1.165) is 12.8 Å². The molecule has 5 heteroatoms. The zero-order valence-electron chi connectivity index (χ0n) is 9.14. The lowest BCUT2D eigenvalue weighted by Crippen LogP contribution is -2.46. The highest BCUT2D eigenvalue weighted by atomic mass is 16.2. The van der Waals surface area contributed by atoms with Crippen LogP contribution in [0, 0.1) is 5.41 Å². The van der Waals surface area contributed by atoms with E-state index in [1.165, 1.54) is 6.42 Å². The Bertz CT molecular complexity index is 249. The van der Waals surface area contributed by atoms with Gasteiger partial charge < -0.3 is 16.4 Å². The Balaban J connectivity index is 2.20. The molecular formula is C10H19N3O2. The highest BCUT2D eigenvalue weighted by Gasteiger charge is 2.32. The number of carbonyl (C=O) groups is 2. The van der Waals surface area contributed by atoms with Gasteiger partial charge in [0.25, 0.3) is 0 Å². The largest absolute Gasteiger partial charge is 0.347 e. The summed E-state index contributed by atoms with van der Waals surface area (Å²) in [7, 11) is 0. The summed E-state index contributed by atoms with van der Waals surface area (Å²) in [6.45, 7) is 3.39. The molecule has 15 heavy (non-hydrogen) atoms. The van der Waals surface area contributed by atoms with Crippen LogP contribution in [0.5, 0.6) is 0 Å². The van der Waals surface area contributed by atoms with Gasteiger partial charge in [0.1, 0.15) is 0 Å². The lowest BCUT2D eigenvalue weighted by molar-refractivity contribution is -0.139. The number of hydrogen-bond donors (Lipinski definition) is 3. The van der Waals surface area contributed by atoms with Crippen LogP contribution in [0.15, 0.2) is 0 Å². The summed E-state index contributed by atoms with van der Waals surface area (Å²) >= 11 is 0. The van der Waals surface area contributed by atoms with Gasteiger partial charge >= 0.3 is 11.8 Å². The predicted molar refractivity (Wildman–Crippen MR) is 57.0 cm³/mol. The maximum Gasteiger partial charge on any atom is 0.309 e. The van der Waals surface area contributed by atoms with E-state index in [2.05, 4.69) is 17.6 Å². The van der Waals surface area contributed by atoms with Crippen molar-refractivity contribution in [1.82, 2.24) is 10.6 Å². The molecule has 0 radical (unpaired) electrons. The summed E-state index contributed by atoms with van der Waals surface area (Å²) in [4.78, 5) is 22.4. The van der Waals surface area contributed by atoms with Gasteiger partial charge in [-0.1, -0.05) is 13.3 Å². The first-order chi connectivity index (χ1) is 7.07. The highest BCUT2D eigenvalue weighted by Crippen LogP contribution is 2.39. The average Bonchev–Trinajstić information content (AvgIpc) is 2.19. The minimum atomic E-state index is -0.594. The van der Waals surface area contributed by atoms with Crippen LogP contribution in [0.25, 0.3) is 0 Å². The summed E-state index contributed by atoms with van der Waals surface area (Å²) in [6, 6.07) is 0. The van der Waals surface area contributed by atoms with Gasteiger partial charge in [0.05, 0.1) is 0 Å². The van der Waals surface area contributed by atoms with Crippen molar-refractivity contribution < 1.29 is 9.59 Å². The van der Waals surface area contributed by atoms with Gasteiger partial charge in [0.15, 0.2) is 0 Å². The second-order valence-electron chi connectivity index (χ2n) is 4.39. The topological polar surface area (TPSA) is 84.2 Å². The Morgan fingerprint density at radius 2 is 1.87 bits per heavy atom. The Morgan fingerprint density at radius 3 is 2.33 bits per heavy atom. The van der Waals surface area contributed by atoms with E-state index in [0.29, 0.717) is 19.6 Å². The monoisotopic (exact) mass is 213 g/mol. The number of rotatable bonds is 4. The lowest BCUT2D eigenvalue weighted by Gasteiger charge is -2.38. The van der Waals surface area contributed by atoms with Gasteiger partial charge in [-0.3, -0.25) is 9.59 Å². The minimum Gasteiger partial charge on any atom is -0.347 e. The first-order valence-electron chi connectivity index (χ1n) is 5.33. The number of nitrogens with one attached hydrogen (secondary N) is 2. The Morgan fingerprint density at radius 1 is 1.27 bits per heavy atom. The number of hydrogen-bond acceptors (Lipinski definition) is 3. The zero-order valence-corrected chi connectivity index (χ0v) is 9.14. The normalized spacial score (nSPS) is 17.7. The molecule has 0 aromatic rings. The van der Waals surface area contributed by atoms with Crippen molar-refractivity contribution in [2.24, 2.45) is 11.1 Å². The Hall–Kier alpha value is -1.10. The lowest BCUT2D eigenvalue weighted by atomic mass is 9.70. The van der Waals surface area contributed by atoms with Gasteiger partial charge in [-0.15, -0.1) is 0 Å². The van der Waals surface area contributed by atoms with Crippen molar-refractivity contribution in [2.75, 3.05) is 19.6 Å². The number of carbonyl (C=O) groups excluding carboxylic acids is 2. The van der Waals surface area contributed by atoms with E-state index in [4.69, 9.17) is 5.73 Å². The molecule has 0 unspecified atom stereocenters.